The Balaban J connectivity index is 3.53. The molecule has 0 aliphatic carbocycles. The summed E-state index contributed by atoms with van der Waals surface area (Å²) in [5, 5.41) is 0. The lowest BCUT2D eigenvalue weighted by Gasteiger charge is -2.20. The van der Waals surface area contributed by atoms with Crippen molar-refractivity contribution in [2.24, 2.45) is 0 Å². The fourth-order valence-electron chi connectivity index (χ4n) is 1.34. The first kappa shape index (κ1) is 13.3. The molecule has 0 amide bonds. The van der Waals surface area contributed by atoms with E-state index in [0.29, 0.717) is 0 Å². The van der Waals surface area contributed by atoms with Crippen molar-refractivity contribution in [2.75, 3.05) is 12.8 Å². The van der Waals surface area contributed by atoms with E-state index in [9.17, 15) is 13.6 Å². The van der Waals surface area contributed by atoms with Crippen LogP contribution in [0.1, 0.15) is 36.8 Å². The van der Waals surface area contributed by atoms with Crippen LogP contribution in [0.4, 0.5) is 14.5 Å². The molecule has 0 unspecified atom stereocenters. The average Bonchev–Trinajstić information content (AvgIpc) is 2.21. The quantitative estimate of drug-likeness (QED) is 0.606. The first-order valence-electron chi connectivity index (χ1n) is 4.93. The molecule has 1 aromatic heterocycles. The summed E-state index contributed by atoms with van der Waals surface area (Å²) in [6.45, 7) is 4.99. The highest BCUT2D eigenvalue weighted by molar-refractivity contribution is 5.95. The molecule has 0 saturated heterocycles. The van der Waals surface area contributed by atoms with Gasteiger partial charge >= 0.3 is 5.97 Å². The van der Waals surface area contributed by atoms with Crippen molar-refractivity contribution in [1.29, 1.82) is 0 Å². The van der Waals surface area contributed by atoms with E-state index in [2.05, 4.69) is 9.72 Å². The zero-order valence-electron chi connectivity index (χ0n) is 10.1. The topological polar surface area (TPSA) is 65.2 Å². The lowest BCUT2D eigenvalue weighted by Crippen LogP contribution is -2.21. The minimum absolute atomic E-state index is 0.125. The highest BCUT2D eigenvalue weighted by Gasteiger charge is 2.29. The van der Waals surface area contributed by atoms with Crippen molar-refractivity contribution in [3.8, 4) is 0 Å². The Morgan fingerprint density at radius 2 is 1.88 bits per heavy atom. The Bertz CT molecular complexity index is 468. The maximum absolute atomic E-state index is 13.9. The van der Waals surface area contributed by atoms with E-state index in [1.807, 2.05) is 0 Å². The number of ether oxygens (including phenoxy) is 1. The van der Waals surface area contributed by atoms with Crippen LogP contribution in [-0.2, 0) is 10.2 Å². The van der Waals surface area contributed by atoms with E-state index < -0.39 is 34.4 Å². The third-order valence-electron chi connectivity index (χ3n) is 2.23. The standard InChI is InChI=1S/C11H14F2N2O2/c1-11(2,3)8-6(12)7(14)5(9(13)15-8)10(16)17-4/h1-4H3,(H2,14,15). The number of nitrogens with zero attached hydrogens (tertiary/aromatic N) is 1. The summed E-state index contributed by atoms with van der Waals surface area (Å²) in [4.78, 5) is 14.7. The molecule has 1 aromatic rings. The van der Waals surface area contributed by atoms with Crippen LogP contribution in [0.15, 0.2) is 0 Å². The molecule has 17 heavy (non-hydrogen) atoms. The van der Waals surface area contributed by atoms with Gasteiger partial charge in [0.2, 0.25) is 5.95 Å². The zero-order chi connectivity index (χ0) is 13.4. The van der Waals surface area contributed by atoms with Gasteiger partial charge < -0.3 is 10.5 Å². The van der Waals surface area contributed by atoms with E-state index in [4.69, 9.17) is 5.73 Å². The molecule has 94 valence electrons. The number of halogens is 2. The molecule has 0 radical (unpaired) electrons. The Kier molecular flexibility index (Phi) is 3.35. The fourth-order valence-corrected chi connectivity index (χ4v) is 1.34. The van der Waals surface area contributed by atoms with E-state index in [1.54, 1.807) is 20.8 Å². The van der Waals surface area contributed by atoms with Crippen LogP contribution in [0, 0.1) is 11.8 Å². The van der Waals surface area contributed by atoms with Gasteiger partial charge in [-0.1, -0.05) is 20.8 Å². The fraction of sp³-hybridized carbons (Fsp3) is 0.455. The first-order chi connectivity index (χ1) is 7.70. The van der Waals surface area contributed by atoms with Gasteiger partial charge in [-0.15, -0.1) is 0 Å². The number of carbonyl (C=O) groups is 1. The van der Waals surface area contributed by atoms with Crippen molar-refractivity contribution < 1.29 is 18.3 Å². The van der Waals surface area contributed by atoms with E-state index in [1.165, 1.54) is 0 Å². The van der Waals surface area contributed by atoms with Gasteiger partial charge in [0.15, 0.2) is 5.82 Å². The normalized spacial score (nSPS) is 11.4. The lowest BCUT2D eigenvalue weighted by atomic mass is 9.90. The summed E-state index contributed by atoms with van der Waals surface area (Å²) in [6, 6.07) is 0. The third-order valence-corrected chi connectivity index (χ3v) is 2.23. The van der Waals surface area contributed by atoms with Gasteiger partial charge in [0.25, 0.3) is 0 Å². The number of methoxy groups -OCH3 is 1. The number of nitrogen functional groups attached to an aromatic ring is 1. The van der Waals surface area contributed by atoms with Gasteiger partial charge in [0.1, 0.15) is 5.56 Å². The molecule has 0 bridgehead atoms. The molecule has 0 fully saturated rings. The largest absolute Gasteiger partial charge is 0.465 e. The van der Waals surface area contributed by atoms with Crippen molar-refractivity contribution in [3.05, 3.63) is 23.0 Å². The van der Waals surface area contributed by atoms with Gasteiger partial charge in [0.05, 0.1) is 18.5 Å². The summed E-state index contributed by atoms with van der Waals surface area (Å²) in [5.41, 5.74) is 3.32. The molecule has 0 atom stereocenters. The highest BCUT2D eigenvalue weighted by Crippen LogP contribution is 2.29. The monoisotopic (exact) mass is 244 g/mol. The van der Waals surface area contributed by atoms with Gasteiger partial charge in [0, 0.05) is 5.41 Å². The molecule has 2 N–H and O–H groups in total. The van der Waals surface area contributed by atoms with Crippen molar-refractivity contribution in [1.82, 2.24) is 4.98 Å². The number of hydrogen-bond donors (Lipinski definition) is 1. The van der Waals surface area contributed by atoms with Gasteiger partial charge in [-0.3, -0.25) is 0 Å². The predicted molar refractivity (Wildman–Crippen MR) is 58.6 cm³/mol. The van der Waals surface area contributed by atoms with E-state index in [0.717, 1.165) is 7.11 Å². The van der Waals surface area contributed by atoms with Crippen LogP contribution >= 0.6 is 0 Å². The molecule has 1 heterocycles. The van der Waals surface area contributed by atoms with Gasteiger partial charge in [-0.05, 0) is 0 Å². The van der Waals surface area contributed by atoms with Gasteiger partial charge in [-0.25, -0.2) is 14.2 Å². The molecule has 4 nitrogen and oxygen atoms in total. The minimum Gasteiger partial charge on any atom is -0.465 e. The van der Waals surface area contributed by atoms with Crippen molar-refractivity contribution in [3.63, 3.8) is 0 Å². The molecule has 0 aromatic carbocycles. The van der Waals surface area contributed by atoms with Crippen LogP contribution in [-0.4, -0.2) is 18.1 Å². The van der Waals surface area contributed by atoms with Crippen LogP contribution in [0.5, 0.6) is 0 Å². The van der Waals surface area contributed by atoms with Gasteiger partial charge in [-0.2, -0.15) is 4.39 Å². The molecule has 1 rings (SSSR count). The Morgan fingerprint density at radius 3 is 2.29 bits per heavy atom. The van der Waals surface area contributed by atoms with Crippen LogP contribution in [0.2, 0.25) is 0 Å². The molecule has 0 saturated carbocycles. The second-order valence-corrected chi connectivity index (χ2v) is 4.60. The van der Waals surface area contributed by atoms with E-state index >= 15 is 0 Å². The highest BCUT2D eigenvalue weighted by atomic mass is 19.1. The Labute approximate surface area is 97.8 Å². The number of nitrogens with two attached hydrogens (primary N) is 1. The molecule has 0 spiro atoms. The Morgan fingerprint density at radius 1 is 1.35 bits per heavy atom. The number of aromatic nitrogens is 1. The Hall–Kier alpha value is -1.72. The molecule has 0 aliphatic heterocycles. The second-order valence-electron chi connectivity index (χ2n) is 4.60. The smallest absolute Gasteiger partial charge is 0.344 e. The second kappa shape index (κ2) is 4.27. The van der Waals surface area contributed by atoms with Crippen LogP contribution in [0.3, 0.4) is 0 Å². The summed E-state index contributed by atoms with van der Waals surface area (Å²) in [5.74, 6) is -3.06. The summed E-state index contributed by atoms with van der Waals surface area (Å²) in [6.07, 6.45) is 0. The number of anilines is 1. The molecular weight excluding hydrogens is 230 g/mol. The SMILES string of the molecule is COC(=O)c1c(F)nc(C(C)(C)C)c(F)c1N. The predicted octanol–water partition coefficient (Wildman–Crippen LogP) is 2.03. The number of rotatable bonds is 1. The number of carbonyl (C=O) groups excluding carboxylic acids is 1. The summed E-state index contributed by atoms with van der Waals surface area (Å²) >= 11 is 0. The van der Waals surface area contributed by atoms with Crippen LogP contribution < -0.4 is 5.73 Å². The van der Waals surface area contributed by atoms with Crippen LogP contribution in [0.25, 0.3) is 0 Å². The third kappa shape index (κ3) is 2.35. The maximum atomic E-state index is 13.9. The van der Waals surface area contributed by atoms with E-state index in [-0.39, 0.29) is 5.69 Å². The molecule has 6 heteroatoms. The van der Waals surface area contributed by atoms with Crippen molar-refractivity contribution in [2.45, 2.75) is 26.2 Å². The average molecular weight is 244 g/mol. The lowest BCUT2D eigenvalue weighted by molar-refractivity contribution is 0.0595. The maximum Gasteiger partial charge on any atom is 0.344 e. The summed E-state index contributed by atoms with van der Waals surface area (Å²) < 4.78 is 31.8. The molecular formula is C11H14F2N2O2. The van der Waals surface area contributed by atoms with Crippen molar-refractivity contribution >= 4 is 11.7 Å². The number of pyridine rings is 1. The summed E-state index contributed by atoms with van der Waals surface area (Å²) in [7, 11) is 1.05. The number of esters is 1. The zero-order valence-corrected chi connectivity index (χ0v) is 10.1. The first-order valence-corrected chi connectivity index (χ1v) is 4.93. The minimum atomic E-state index is -1.12. The number of hydrogen-bond acceptors (Lipinski definition) is 4. The molecule has 0 aliphatic rings.